The molecule has 0 aromatic rings. The van der Waals surface area contributed by atoms with Gasteiger partial charge in [-0.15, -0.1) is 0 Å². The lowest BCUT2D eigenvalue weighted by Gasteiger charge is -2.24. The summed E-state index contributed by atoms with van der Waals surface area (Å²) in [5.41, 5.74) is 0. The second kappa shape index (κ2) is 5.36. The van der Waals surface area contributed by atoms with Gasteiger partial charge in [0.15, 0.2) is 0 Å². The van der Waals surface area contributed by atoms with Gasteiger partial charge in [-0.25, -0.2) is 8.42 Å². The van der Waals surface area contributed by atoms with Crippen LogP contribution in [-0.4, -0.2) is 42.1 Å². The molecule has 0 spiro atoms. The van der Waals surface area contributed by atoms with E-state index in [0.29, 0.717) is 4.31 Å². The molecule has 8 heteroatoms. The van der Waals surface area contributed by atoms with E-state index in [4.69, 9.17) is 5.11 Å². The molecule has 0 fully saturated rings. The summed E-state index contributed by atoms with van der Waals surface area (Å²) >= 11 is 0. The van der Waals surface area contributed by atoms with E-state index in [9.17, 15) is 22.0 Å². The number of carboxylic acids is 1. The number of rotatable bonds is 6. The topological polar surface area (TPSA) is 74.7 Å². The molecule has 0 amide bonds. The minimum Gasteiger partial charge on any atom is -0.481 e. The Bertz CT molecular complexity index is 315. The molecule has 0 aliphatic rings. The molecule has 15 heavy (non-hydrogen) atoms. The van der Waals surface area contributed by atoms with Crippen LogP contribution in [0.15, 0.2) is 0 Å². The van der Waals surface area contributed by atoms with Crippen LogP contribution in [0.3, 0.4) is 0 Å². The summed E-state index contributed by atoms with van der Waals surface area (Å²) in [6.45, 7) is 2.36. The zero-order chi connectivity index (χ0) is 12.2. The van der Waals surface area contributed by atoms with E-state index in [1.165, 1.54) is 13.8 Å². The van der Waals surface area contributed by atoms with E-state index in [1.807, 2.05) is 0 Å². The highest BCUT2D eigenvalue weighted by atomic mass is 32.2. The molecule has 5 nitrogen and oxygen atoms in total. The van der Waals surface area contributed by atoms with Crippen LogP contribution >= 0.6 is 0 Å². The standard InChI is InChI=1S/C7H13F2NO4S/c1-5(2)10(4-3-6(11)12)15(13,14)7(8)9/h5,7H,3-4H2,1-2H3,(H,11,12). The Hall–Kier alpha value is -0.760. The molecule has 0 aliphatic carbocycles. The van der Waals surface area contributed by atoms with Gasteiger partial charge in [0.05, 0.1) is 6.42 Å². The van der Waals surface area contributed by atoms with Crippen molar-refractivity contribution >= 4 is 16.0 Å². The number of nitrogens with zero attached hydrogens (tertiary/aromatic N) is 1. The maximum absolute atomic E-state index is 12.2. The Morgan fingerprint density at radius 1 is 1.40 bits per heavy atom. The lowest BCUT2D eigenvalue weighted by molar-refractivity contribution is -0.137. The predicted octanol–water partition coefficient (Wildman–Crippen LogP) is 0.724. The van der Waals surface area contributed by atoms with Crippen LogP contribution < -0.4 is 0 Å². The van der Waals surface area contributed by atoms with Gasteiger partial charge in [-0.2, -0.15) is 13.1 Å². The van der Waals surface area contributed by atoms with Crippen LogP contribution in [0.4, 0.5) is 8.78 Å². The maximum atomic E-state index is 12.2. The fourth-order valence-corrected chi connectivity index (χ4v) is 2.13. The van der Waals surface area contributed by atoms with Gasteiger partial charge >= 0.3 is 11.7 Å². The number of alkyl halides is 2. The van der Waals surface area contributed by atoms with Crippen molar-refractivity contribution in [2.75, 3.05) is 6.54 Å². The molecule has 0 saturated heterocycles. The van der Waals surface area contributed by atoms with Crippen molar-refractivity contribution in [3.05, 3.63) is 0 Å². The molecule has 90 valence electrons. The highest BCUT2D eigenvalue weighted by Crippen LogP contribution is 2.15. The van der Waals surface area contributed by atoms with Crippen molar-refractivity contribution in [3.63, 3.8) is 0 Å². The second-order valence-electron chi connectivity index (χ2n) is 3.15. The molecule has 1 N–H and O–H groups in total. The lowest BCUT2D eigenvalue weighted by Crippen LogP contribution is -2.41. The van der Waals surface area contributed by atoms with Crippen LogP contribution in [-0.2, 0) is 14.8 Å². The average molecular weight is 245 g/mol. The van der Waals surface area contributed by atoms with E-state index >= 15 is 0 Å². The Kier molecular flexibility index (Phi) is 5.09. The van der Waals surface area contributed by atoms with Crippen molar-refractivity contribution in [1.82, 2.24) is 4.31 Å². The van der Waals surface area contributed by atoms with E-state index in [0.717, 1.165) is 0 Å². The number of carbonyl (C=O) groups is 1. The second-order valence-corrected chi connectivity index (χ2v) is 5.01. The number of aliphatic carboxylic acids is 1. The van der Waals surface area contributed by atoms with Crippen LogP contribution in [0.1, 0.15) is 20.3 Å². The van der Waals surface area contributed by atoms with Crippen molar-refractivity contribution < 1.29 is 27.1 Å². The van der Waals surface area contributed by atoms with E-state index in [-0.39, 0.29) is 0 Å². The maximum Gasteiger partial charge on any atom is 0.350 e. The van der Waals surface area contributed by atoms with Crippen molar-refractivity contribution in [2.24, 2.45) is 0 Å². The van der Waals surface area contributed by atoms with Gasteiger partial charge in [0.25, 0.3) is 10.0 Å². The molecular formula is C7H13F2NO4S. The lowest BCUT2D eigenvalue weighted by atomic mass is 10.3. The Labute approximate surface area is 86.7 Å². The first-order valence-corrected chi connectivity index (χ1v) is 5.70. The predicted molar refractivity (Wildman–Crippen MR) is 49.0 cm³/mol. The van der Waals surface area contributed by atoms with E-state index < -0.39 is 40.8 Å². The molecule has 0 saturated carbocycles. The van der Waals surface area contributed by atoms with Crippen LogP contribution in [0.2, 0.25) is 0 Å². The summed E-state index contributed by atoms with van der Waals surface area (Å²) in [4.78, 5) is 10.2. The van der Waals surface area contributed by atoms with Gasteiger partial charge in [-0.05, 0) is 13.8 Å². The Morgan fingerprint density at radius 3 is 2.13 bits per heavy atom. The van der Waals surface area contributed by atoms with Gasteiger partial charge in [-0.3, -0.25) is 4.79 Å². The highest BCUT2D eigenvalue weighted by Gasteiger charge is 2.33. The van der Waals surface area contributed by atoms with Gasteiger partial charge in [0.2, 0.25) is 0 Å². The smallest absolute Gasteiger partial charge is 0.350 e. The molecular weight excluding hydrogens is 232 g/mol. The number of hydrogen-bond donors (Lipinski definition) is 1. The molecule has 0 aliphatic heterocycles. The van der Waals surface area contributed by atoms with Crippen molar-refractivity contribution in [2.45, 2.75) is 32.1 Å². The highest BCUT2D eigenvalue weighted by molar-refractivity contribution is 7.89. The minimum atomic E-state index is -4.70. The molecule has 0 aromatic heterocycles. The summed E-state index contributed by atoms with van der Waals surface area (Å²) in [6, 6.07) is -0.691. The normalized spacial score (nSPS) is 12.7. The summed E-state index contributed by atoms with van der Waals surface area (Å²) in [5.74, 6) is -4.75. The third-order valence-corrected chi connectivity index (χ3v) is 3.38. The van der Waals surface area contributed by atoms with Gasteiger partial charge in [0, 0.05) is 12.6 Å². The molecule has 0 bridgehead atoms. The fraction of sp³-hybridized carbons (Fsp3) is 0.857. The van der Waals surface area contributed by atoms with Crippen LogP contribution in [0.5, 0.6) is 0 Å². The first-order chi connectivity index (χ1) is 6.69. The zero-order valence-corrected chi connectivity index (χ0v) is 9.17. The largest absolute Gasteiger partial charge is 0.481 e. The molecule has 0 unspecified atom stereocenters. The zero-order valence-electron chi connectivity index (χ0n) is 8.35. The molecule has 0 radical (unpaired) electrons. The SMILES string of the molecule is CC(C)N(CCC(=O)O)S(=O)(=O)C(F)F. The van der Waals surface area contributed by atoms with Crippen molar-refractivity contribution in [3.8, 4) is 0 Å². The monoisotopic (exact) mass is 245 g/mol. The minimum absolute atomic E-state index is 0.445. The summed E-state index contributed by atoms with van der Waals surface area (Å²) in [5, 5.41) is 8.34. The quantitative estimate of drug-likeness (QED) is 0.748. The number of sulfonamides is 1. The molecule has 0 heterocycles. The summed E-state index contributed by atoms with van der Waals surface area (Å²) in [7, 11) is -4.70. The van der Waals surface area contributed by atoms with Crippen molar-refractivity contribution in [1.29, 1.82) is 0 Å². The first-order valence-electron chi connectivity index (χ1n) is 4.20. The van der Waals surface area contributed by atoms with Gasteiger partial charge in [0.1, 0.15) is 0 Å². The molecule has 0 aromatic carbocycles. The fourth-order valence-electron chi connectivity index (χ4n) is 0.987. The third kappa shape index (κ3) is 4.08. The average Bonchev–Trinajstić information content (AvgIpc) is 2.01. The summed E-state index contributed by atoms with van der Waals surface area (Å²) < 4.78 is 47.0. The Morgan fingerprint density at radius 2 is 1.87 bits per heavy atom. The summed E-state index contributed by atoms with van der Waals surface area (Å²) in [6.07, 6.45) is -0.496. The van der Waals surface area contributed by atoms with Crippen LogP contribution in [0, 0.1) is 0 Å². The van der Waals surface area contributed by atoms with Gasteiger partial charge < -0.3 is 5.11 Å². The number of halogens is 2. The van der Waals surface area contributed by atoms with Gasteiger partial charge in [-0.1, -0.05) is 0 Å². The number of carboxylic acid groups (broad SMARTS) is 1. The third-order valence-electron chi connectivity index (χ3n) is 1.67. The first kappa shape index (κ1) is 14.2. The van der Waals surface area contributed by atoms with E-state index in [1.54, 1.807) is 0 Å². The molecule has 0 atom stereocenters. The molecule has 0 rings (SSSR count). The number of hydrogen-bond acceptors (Lipinski definition) is 3. The van der Waals surface area contributed by atoms with Crippen LogP contribution in [0.25, 0.3) is 0 Å². The Balaban J connectivity index is 4.75. The van der Waals surface area contributed by atoms with E-state index in [2.05, 4.69) is 0 Å².